The van der Waals surface area contributed by atoms with Gasteiger partial charge < -0.3 is 5.11 Å². The molecule has 84 valence electrons. The van der Waals surface area contributed by atoms with E-state index in [1.54, 1.807) is 12.4 Å². The van der Waals surface area contributed by atoms with Gasteiger partial charge in [-0.1, -0.05) is 5.57 Å². The summed E-state index contributed by atoms with van der Waals surface area (Å²) in [6.45, 7) is 0. The number of hydrogen-bond donors (Lipinski definition) is 1. The number of rotatable bonds is 3. The molecule has 1 fully saturated rings. The van der Waals surface area contributed by atoms with Gasteiger partial charge in [0.15, 0.2) is 0 Å². The molecule has 1 aliphatic rings. The molecule has 0 aliphatic heterocycles. The second-order valence-corrected chi connectivity index (χ2v) is 4.21. The molecule has 1 unspecified atom stereocenters. The summed E-state index contributed by atoms with van der Waals surface area (Å²) in [5.74, 6) is -0.421. The van der Waals surface area contributed by atoms with Crippen LogP contribution in [0.3, 0.4) is 0 Å². The second kappa shape index (κ2) is 4.92. The lowest BCUT2D eigenvalue weighted by atomic mass is 9.94. The Kier molecular flexibility index (Phi) is 3.34. The molecule has 2 rings (SSSR count). The fourth-order valence-corrected chi connectivity index (χ4v) is 2.33. The molecular formula is C13H15NO2. The lowest BCUT2D eigenvalue weighted by Crippen LogP contribution is -2.04. The lowest BCUT2D eigenvalue weighted by Gasteiger charge is -2.11. The Hall–Kier alpha value is -1.64. The van der Waals surface area contributed by atoms with Crippen LogP contribution in [0.25, 0.3) is 0 Å². The van der Waals surface area contributed by atoms with Crippen LogP contribution in [-0.2, 0) is 11.2 Å². The number of allylic oxidation sites excluding steroid dienone is 1. The monoisotopic (exact) mass is 217 g/mol. The van der Waals surface area contributed by atoms with Crippen molar-refractivity contribution in [2.24, 2.45) is 5.92 Å². The van der Waals surface area contributed by atoms with E-state index in [-0.39, 0.29) is 0 Å². The van der Waals surface area contributed by atoms with E-state index in [1.165, 1.54) is 11.6 Å². The minimum atomic E-state index is -0.823. The largest absolute Gasteiger partial charge is 0.478 e. The van der Waals surface area contributed by atoms with Crippen molar-refractivity contribution < 1.29 is 9.90 Å². The highest BCUT2D eigenvalue weighted by Gasteiger charge is 2.21. The van der Waals surface area contributed by atoms with E-state index in [0.29, 0.717) is 5.92 Å². The Morgan fingerprint density at radius 3 is 2.94 bits per heavy atom. The first kappa shape index (κ1) is 10.9. The standard InChI is InChI=1S/C13H15NO2/c15-13(16)9-12-3-1-2-11(12)8-10-4-6-14-7-5-10/h4-7,9,11H,1-3,8H2,(H,15,16)/b12-9+. The van der Waals surface area contributed by atoms with Crippen molar-refractivity contribution in [3.05, 3.63) is 41.7 Å². The van der Waals surface area contributed by atoms with Crippen molar-refractivity contribution >= 4 is 5.97 Å². The molecule has 0 spiro atoms. The number of aromatic nitrogens is 1. The van der Waals surface area contributed by atoms with Gasteiger partial charge in [-0.2, -0.15) is 0 Å². The highest BCUT2D eigenvalue weighted by atomic mass is 16.4. The first-order chi connectivity index (χ1) is 7.75. The third-order valence-electron chi connectivity index (χ3n) is 3.08. The van der Waals surface area contributed by atoms with Crippen LogP contribution in [0.5, 0.6) is 0 Å². The van der Waals surface area contributed by atoms with Crippen LogP contribution >= 0.6 is 0 Å². The molecule has 0 saturated heterocycles. The van der Waals surface area contributed by atoms with E-state index in [0.717, 1.165) is 31.3 Å². The molecule has 1 aliphatic carbocycles. The van der Waals surface area contributed by atoms with Crippen molar-refractivity contribution in [3.63, 3.8) is 0 Å². The third kappa shape index (κ3) is 2.69. The molecule has 0 amide bonds. The quantitative estimate of drug-likeness (QED) is 0.791. The van der Waals surface area contributed by atoms with Crippen molar-refractivity contribution in [1.82, 2.24) is 4.98 Å². The fourth-order valence-electron chi connectivity index (χ4n) is 2.33. The van der Waals surface area contributed by atoms with E-state index in [4.69, 9.17) is 5.11 Å². The van der Waals surface area contributed by atoms with Gasteiger partial charge in [0, 0.05) is 18.5 Å². The molecule has 3 nitrogen and oxygen atoms in total. The Morgan fingerprint density at radius 2 is 2.25 bits per heavy atom. The number of aliphatic carboxylic acids is 1. The smallest absolute Gasteiger partial charge is 0.328 e. The maximum atomic E-state index is 10.7. The zero-order valence-electron chi connectivity index (χ0n) is 9.10. The summed E-state index contributed by atoms with van der Waals surface area (Å²) in [6, 6.07) is 3.99. The van der Waals surface area contributed by atoms with Gasteiger partial charge in [0.25, 0.3) is 0 Å². The Balaban J connectivity index is 2.07. The van der Waals surface area contributed by atoms with Crippen LogP contribution in [-0.4, -0.2) is 16.1 Å². The predicted octanol–water partition coefficient (Wildman–Crippen LogP) is 2.44. The van der Waals surface area contributed by atoms with Crippen LogP contribution in [0.2, 0.25) is 0 Å². The fraction of sp³-hybridized carbons (Fsp3) is 0.385. The average molecular weight is 217 g/mol. The van der Waals surface area contributed by atoms with Crippen LogP contribution in [0.4, 0.5) is 0 Å². The number of nitrogens with zero attached hydrogens (tertiary/aromatic N) is 1. The first-order valence-electron chi connectivity index (χ1n) is 5.58. The van der Waals surface area contributed by atoms with Gasteiger partial charge in [-0.3, -0.25) is 4.98 Å². The summed E-state index contributed by atoms with van der Waals surface area (Å²) in [5.41, 5.74) is 2.32. The molecule has 0 radical (unpaired) electrons. The molecule has 1 saturated carbocycles. The van der Waals surface area contributed by atoms with Crippen LogP contribution in [0.15, 0.2) is 36.2 Å². The summed E-state index contributed by atoms with van der Waals surface area (Å²) >= 11 is 0. The van der Waals surface area contributed by atoms with E-state index in [2.05, 4.69) is 4.98 Å². The molecule has 0 bridgehead atoms. The normalized spacial score (nSPS) is 22.5. The molecular weight excluding hydrogens is 202 g/mol. The van der Waals surface area contributed by atoms with Gasteiger partial charge in [0.1, 0.15) is 0 Å². The van der Waals surface area contributed by atoms with Gasteiger partial charge in [-0.05, 0) is 49.3 Å². The van der Waals surface area contributed by atoms with Crippen molar-refractivity contribution in [1.29, 1.82) is 0 Å². The van der Waals surface area contributed by atoms with Crippen LogP contribution < -0.4 is 0 Å². The van der Waals surface area contributed by atoms with Gasteiger partial charge in [-0.25, -0.2) is 4.79 Å². The summed E-state index contributed by atoms with van der Waals surface area (Å²) in [7, 11) is 0. The minimum Gasteiger partial charge on any atom is -0.478 e. The molecule has 1 aromatic rings. The van der Waals surface area contributed by atoms with Crippen LogP contribution in [0, 0.1) is 5.92 Å². The topological polar surface area (TPSA) is 50.2 Å². The highest BCUT2D eigenvalue weighted by molar-refractivity contribution is 5.80. The van der Waals surface area contributed by atoms with Crippen molar-refractivity contribution in [3.8, 4) is 0 Å². The molecule has 1 N–H and O–H groups in total. The summed E-state index contributed by atoms with van der Waals surface area (Å²) < 4.78 is 0. The Morgan fingerprint density at radius 1 is 1.50 bits per heavy atom. The zero-order valence-corrected chi connectivity index (χ0v) is 9.10. The highest BCUT2D eigenvalue weighted by Crippen LogP contribution is 2.33. The maximum Gasteiger partial charge on any atom is 0.328 e. The maximum absolute atomic E-state index is 10.7. The molecule has 1 aromatic heterocycles. The molecule has 16 heavy (non-hydrogen) atoms. The summed E-state index contributed by atoms with van der Waals surface area (Å²) in [5, 5.41) is 8.77. The van der Waals surface area contributed by atoms with Gasteiger partial charge in [0.05, 0.1) is 0 Å². The second-order valence-electron chi connectivity index (χ2n) is 4.21. The van der Waals surface area contributed by atoms with Crippen molar-refractivity contribution in [2.45, 2.75) is 25.7 Å². The van der Waals surface area contributed by atoms with E-state index >= 15 is 0 Å². The molecule has 1 heterocycles. The zero-order chi connectivity index (χ0) is 11.4. The Labute approximate surface area is 94.8 Å². The number of carboxylic acids is 1. The summed E-state index contributed by atoms with van der Waals surface area (Å²) in [4.78, 5) is 14.6. The SMILES string of the molecule is O=C(O)/C=C1\CCCC1Cc1ccncc1. The van der Waals surface area contributed by atoms with E-state index in [9.17, 15) is 4.79 Å². The minimum absolute atomic E-state index is 0.401. The molecule has 0 aromatic carbocycles. The predicted molar refractivity (Wildman–Crippen MR) is 61.0 cm³/mol. The van der Waals surface area contributed by atoms with Crippen LogP contribution in [0.1, 0.15) is 24.8 Å². The number of carboxylic acid groups (broad SMARTS) is 1. The van der Waals surface area contributed by atoms with Gasteiger partial charge in [-0.15, -0.1) is 0 Å². The molecule has 1 atom stereocenters. The number of carbonyl (C=O) groups is 1. The van der Waals surface area contributed by atoms with Crippen molar-refractivity contribution in [2.75, 3.05) is 0 Å². The van der Waals surface area contributed by atoms with Gasteiger partial charge in [0.2, 0.25) is 0 Å². The molecule has 3 heteroatoms. The number of pyridine rings is 1. The summed E-state index contributed by atoms with van der Waals surface area (Å²) in [6.07, 6.45) is 9.02. The first-order valence-corrected chi connectivity index (χ1v) is 5.58. The van der Waals surface area contributed by atoms with E-state index < -0.39 is 5.97 Å². The van der Waals surface area contributed by atoms with E-state index in [1.807, 2.05) is 12.1 Å². The number of hydrogen-bond acceptors (Lipinski definition) is 2. The third-order valence-corrected chi connectivity index (χ3v) is 3.08. The Bertz CT molecular complexity index is 398. The van der Waals surface area contributed by atoms with Gasteiger partial charge >= 0.3 is 5.97 Å². The lowest BCUT2D eigenvalue weighted by molar-refractivity contribution is -0.131. The average Bonchev–Trinajstić information content (AvgIpc) is 2.66.